The molecule has 1 aromatic carbocycles. The molecule has 0 saturated carbocycles. The molecule has 4 N–H and O–H groups in total. The Bertz CT molecular complexity index is 683. The Morgan fingerprint density at radius 1 is 1.31 bits per heavy atom. The summed E-state index contributed by atoms with van der Waals surface area (Å²) >= 11 is 0. The number of nitrogens with two attached hydrogens (primary N) is 1. The number of carbonyl (C=O) groups excluding carboxylic acids is 1. The quantitative estimate of drug-likeness (QED) is 0.592. The van der Waals surface area contributed by atoms with Crippen LogP contribution in [-0.2, 0) is 26.1 Å². The maximum absolute atomic E-state index is 12.3. The highest BCUT2D eigenvalue weighted by Crippen LogP contribution is 2.14. The topological polar surface area (TPSA) is 111 Å². The van der Waals surface area contributed by atoms with Gasteiger partial charge in [-0.15, -0.1) is 0 Å². The summed E-state index contributed by atoms with van der Waals surface area (Å²) in [5.41, 5.74) is 6.65. The van der Waals surface area contributed by atoms with Gasteiger partial charge in [-0.2, -0.15) is 0 Å². The maximum Gasteiger partial charge on any atom is 0.240 e. The van der Waals surface area contributed by atoms with Crippen molar-refractivity contribution in [3.05, 3.63) is 29.8 Å². The van der Waals surface area contributed by atoms with Gasteiger partial charge in [0.1, 0.15) is 0 Å². The fourth-order valence-electron chi connectivity index (χ4n) is 2.81. The number of ether oxygens (including phenoxy) is 1. The lowest BCUT2D eigenvalue weighted by atomic mass is 10.0. The molecule has 0 spiro atoms. The van der Waals surface area contributed by atoms with E-state index in [9.17, 15) is 13.2 Å². The molecule has 2 atom stereocenters. The summed E-state index contributed by atoms with van der Waals surface area (Å²) in [4.78, 5) is 12.1. The molecule has 0 bridgehead atoms. The van der Waals surface area contributed by atoms with E-state index in [-0.39, 0.29) is 23.5 Å². The average molecular weight is 384 g/mol. The molecule has 7 nitrogen and oxygen atoms in total. The van der Waals surface area contributed by atoms with E-state index >= 15 is 0 Å². The molecule has 0 aliphatic carbocycles. The first-order chi connectivity index (χ1) is 12.3. The van der Waals surface area contributed by atoms with E-state index < -0.39 is 16.1 Å². The first kappa shape index (κ1) is 20.8. The Morgan fingerprint density at radius 3 is 2.58 bits per heavy atom. The fourth-order valence-corrected chi connectivity index (χ4v) is 3.88. The zero-order valence-corrected chi connectivity index (χ0v) is 16.2. The Hall–Kier alpha value is -1.48. The number of amides is 1. The Labute approximate surface area is 155 Å². The molecule has 1 aromatic rings. The molecule has 2 rings (SSSR count). The maximum atomic E-state index is 12.3. The molecular formula is C18H29N3O4S. The second-order valence-electron chi connectivity index (χ2n) is 7.08. The molecule has 1 fully saturated rings. The number of carbonyl (C=O) groups is 1. The van der Waals surface area contributed by atoms with Crippen LogP contribution in [0.25, 0.3) is 0 Å². The number of sulfonamides is 1. The number of nitrogens with one attached hydrogen (secondary N) is 2. The van der Waals surface area contributed by atoms with Crippen LogP contribution in [-0.4, -0.2) is 39.6 Å². The van der Waals surface area contributed by atoms with Gasteiger partial charge in [0.25, 0.3) is 0 Å². The Kier molecular flexibility index (Phi) is 7.57. The highest BCUT2D eigenvalue weighted by Gasteiger charge is 2.20. The highest BCUT2D eigenvalue weighted by atomic mass is 32.2. The van der Waals surface area contributed by atoms with Crippen molar-refractivity contribution >= 4 is 15.9 Å². The summed E-state index contributed by atoms with van der Waals surface area (Å²) in [5, 5.41) is 2.78. The molecule has 8 heteroatoms. The van der Waals surface area contributed by atoms with Crippen LogP contribution in [0.15, 0.2) is 29.2 Å². The molecule has 1 heterocycles. The second-order valence-corrected chi connectivity index (χ2v) is 8.85. The van der Waals surface area contributed by atoms with Gasteiger partial charge in [-0.05, 0) is 42.9 Å². The minimum atomic E-state index is -3.56. The fraction of sp³-hybridized carbons (Fsp3) is 0.611. The van der Waals surface area contributed by atoms with Crippen LogP contribution in [0.1, 0.15) is 38.7 Å². The summed E-state index contributed by atoms with van der Waals surface area (Å²) in [6, 6.07) is 5.92. The van der Waals surface area contributed by atoms with E-state index in [2.05, 4.69) is 10.0 Å². The van der Waals surface area contributed by atoms with Crippen molar-refractivity contribution in [2.75, 3.05) is 13.2 Å². The minimum Gasteiger partial charge on any atom is -0.377 e. The van der Waals surface area contributed by atoms with E-state index in [1.807, 2.05) is 13.8 Å². The van der Waals surface area contributed by atoms with Gasteiger partial charge in [0.05, 0.1) is 17.0 Å². The molecule has 1 unspecified atom stereocenters. The predicted molar refractivity (Wildman–Crippen MR) is 99.9 cm³/mol. The third-order valence-corrected chi connectivity index (χ3v) is 5.73. The lowest BCUT2D eigenvalue weighted by molar-refractivity contribution is -0.122. The van der Waals surface area contributed by atoms with Gasteiger partial charge >= 0.3 is 0 Å². The van der Waals surface area contributed by atoms with Crippen molar-refractivity contribution < 1.29 is 17.9 Å². The number of rotatable bonds is 9. The van der Waals surface area contributed by atoms with Gasteiger partial charge in [0, 0.05) is 19.7 Å². The van der Waals surface area contributed by atoms with E-state index in [4.69, 9.17) is 10.5 Å². The van der Waals surface area contributed by atoms with Crippen molar-refractivity contribution in [3.8, 4) is 0 Å². The van der Waals surface area contributed by atoms with Crippen LogP contribution in [0.4, 0.5) is 0 Å². The van der Waals surface area contributed by atoms with Crippen LogP contribution in [0.2, 0.25) is 0 Å². The lowest BCUT2D eigenvalue weighted by Gasteiger charge is -2.14. The highest BCUT2D eigenvalue weighted by molar-refractivity contribution is 7.89. The van der Waals surface area contributed by atoms with Gasteiger partial charge in [-0.1, -0.05) is 26.0 Å². The van der Waals surface area contributed by atoms with E-state index in [0.29, 0.717) is 25.5 Å². The summed E-state index contributed by atoms with van der Waals surface area (Å²) < 4.78 is 32.6. The zero-order chi connectivity index (χ0) is 19.2. The van der Waals surface area contributed by atoms with Gasteiger partial charge in [0.2, 0.25) is 15.9 Å². The van der Waals surface area contributed by atoms with Crippen LogP contribution in [0, 0.1) is 5.92 Å². The molecule has 1 aliphatic heterocycles. The number of hydrogen-bond acceptors (Lipinski definition) is 5. The summed E-state index contributed by atoms with van der Waals surface area (Å²) in [5.74, 6) is 0.149. The third-order valence-electron chi connectivity index (χ3n) is 4.29. The molecule has 0 aromatic heterocycles. The molecule has 146 valence electrons. The smallest absolute Gasteiger partial charge is 0.240 e. The summed E-state index contributed by atoms with van der Waals surface area (Å²) in [7, 11) is -3.56. The van der Waals surface area contributed by atoms with Crippen molar-refractivity contribution in [1.82, 2.24) is 10.0 Å². The standard InChI is InChI=1S/C18H29N3O4S/c1-13(2)10-17(19)18(22)20-11-14-5-7-16(8-6-14)26(23,24)21-12-15-4-3-9-25-15/h5-8,13,15,17,21H,3-4,9-12,19H2,1-2H3,(H,20,22)/t15?,17-/m0/s1. The van der Waals surface area contributed by atoms with Crippen LogP contribution >= 0.6 is 0 Å². The van der Waals surface area contributed by atoms with Gasteiger partial charge < -0.3 is 15.8 Å². The molecule has 1 aliphatic rings. The lowest BCUT2D eigenvalue weighted by Crippen LogP contribution is -2.41. The van der Waals surface area contributed by atoms with Crippen molar-refractivity contribution in [3.63, 3.8) is 0 Å². The second kappa shape index (κ2) is 9.45. The van der Waals surface area contributed by atoms with Gasteiger partial charge in [-0.3, -0.25) is 4.79 Å². The zero-order valence-electron chi connectivity index (χ0n) is 15.4. The SMILES string of the molecule is CC(C)C[C@H](N)C(=O)NCc1ccc(S(=O)(=O)NCC2CCCO2)cc1. The summed E-state index contributed by atoms with van der Waals surface area (Å²) in [6.07, 6.45) is 2.42. The van der Waals surface area contributed by atoms with E-state index in [0.717, 1.165) is 18.4 Å². The third kappa shape index (κ3) is 6.35. The molecule has 26 heavy (non-hydrogen) atoms. The van der Waals surface area contributed by atoms with Crippen molar-refractivity contribution in [1.29, 1.82) is 0 Å². The average Bonchev–Trinajstić information content (AvgIpc) is 3.11. The monoisotopic (exact) mass is 383 g/mol. The van der Waals surface area contributed by atoms with Crippen LogP contribution < -0.4 is 15.8 Å². The van der Waals surface area contributed by atoms with Crippen LogP contribution in [0.3, 0.4) is 0 Å². The molecule has 1 amide bonds. The largest absolute Gasteiger partial charge is 0.377 e. The minimum absolute atomic E-state index is 0.0469. The normalized spacial score (nSPS) is 18.8. The van der Waals surface area contributed by atoms with Crippen molar-refractivity contribution in [2.24, 2.45) is 11.7 Å². The van der Waals surface area contributed by atoms with E-state index in [1.54, 1.807) is 12.1 Å². The predicted octanol–water partition coefficient (Wildman–Crippen LogP) is 1.13. The molecule has 0 radical (unpaired) electrons. The number of hydrogen-bond donors (Lipinski definition) is 3. The van der Waals surface area contributed by atoms with Gasteiger partial charge in [-0.25, -0.2) is 13.1 Å². The first-order valence-electron chi connectivity index (χ1n) is 9.01. The van der Waals surface area contributed by atoms with Gasteiger partial charge in [0.15, 0.2) is 0 Å². The summed E-state index contributed by atoms with van der Waals surface area (Å²) in [6.45, 7) is 5.31. The van der Waals surface area contributed by atoms with Crippen LogP contribution in [0.5, 0.6) is 0 Å². The molecule has 1 saturated heterocycles. The van der Waals surface area contributed by atoms with E-state index in [1.165, 1.54) is 12.1 Å². The first-order valence-corrected chi connectivity index (χ1v) is 10.5. The Morgan fingerprint density at radius 2 is 2.00 bits per heavy atom. The molecular weight excluding hydrogens is 354 g/mol. The number of benzene rings is 1. The Balaban J connectivity index is 1.85. The van der Waals surface area contributed by atoms with Crippen molar-refractivity contribution in [2.45, 2.75) is 56.7 Å².